The number of rotatable bonds is 6. The molecule has 1 amide bonds. The number of fused-ring (bicyclic) bond motifs is 1. The van der Waals surface area contributed by atoms with Crippen LogP contribution < -0.4 is 15.4 Å². The highest BCUT2D eigenvalue weighted by Crippen LogP contribution is 2.33. The highest BCUT2D eigenvalue weighted by atomic mass is 32.1. The van der Waals surface area contributed by atoms with Crippen molar-refractivity contribution < 1.29 is 14.3 Å². The maximum absolute atomic E-state index is 12.7. The predicted octanol–water partition coefficient (Wildman–Crippen LogP) is 3.14. The summed E-state index contributed by atoms with van der Waals surface area (Å²) in [5.74, 6) is 1.47. The van der Waals surface area contributed by atoms with Crippen molar-refractivity contribution in [3.63, 3.8) is 0 Å². The van der Waals surface area contributed by atoms with Gasteiger partial charge in [0.25, 0.3) is 5.91 Å². The molecule has 1 atom stereocenters. The number of aryl methyl sites for hydroxylation is 1. The number of ether oxygens (including phenoxy) is 2. The number of amides is 1. The number of hydrogen-bond acceptors (Lipinski definition) is 7. The second-order valence-electron chi connectivity index (χ2n) is 6.70. The van der Waals surface area contributed by atoms with Crippen LogP contribution in [-0.4, -0.2) is 42.2 Å². The van der Waals surface area contributed by atoms with E-state index in [2.05, 4.69) is 20.6 Å². The van der Waals surface area contributed by atoms with Gasteiger partial charge in [0.05, 0.1) is 30.0 Å². The largest absolute Gasteiger partial charge is 0.497 e. The van der Waals surface area contributed by atoms with Crippen molar-refractivity contribution in [2.75, 3.05) is 25.6 Å². The second-order valence-corrected chi connectivity index (χ2v) is 7.70. The van der Waals surface area contributed by atoms with Gasteiger partial charge < -0.3 is 20.1 Å². The minimum absolute atomic E-state index is 0.0743. The van der Waals surface area contributed by atoms with E-state index >= 15 is 0 Å². The Labute approximate surface area is 167 Å². The Morgan fingerprint density at radius 1 is 1.39 bits per heavy atom. The molecule has 1 unspecified atom stereocenters. The normalized spacial score (nSPS) is 16.3. The summed E-state index contributed by atoms with van der Waals surface area (Å²) in [6.45, 7) is 3.81. The molecule has 0 radical (unpaired) electrons. The lowest BCUT2D eigenvalue weighted by Crippen LogP contribution is -2.34. The minimum atomic E-state index is -0.0743. The Bertz CT molecular complexity index is 998. The van der Waals surface area contributed by atoms with Crippen LogP contribution in [0.2, 0.25) is 0 Å². The van der Waals surface area contributed by atoms with E-state index in [4.69, 9.17) is 9.47 Å². The highest BCUT2D eigenvalue weighted by molar-refractivity contribution is 7.20. The first-order valence-corrected chi connectivity index (χ1v) is 9.97. The number of aromatic nitrogens is 2. The molecule has 3 heterocycles. The van der Waals surface area contributed by atoms with Gasteiger partial charge in [0.2, 0.25) is 0 Å². The van der Waals surface area contributed by atoms with Gasteiger partial charge in [0.15, 0.2) is 0 Å². The fourth-order valence-electron chi connectivity index (χ4n) is 3.29. The van der Waals surface area contributed by atoms with Crippen LogP contribution in [-0.2, 0) is 11.3 Å². The molecule has 0 bridgehead atoms. The summed E-state index contributed by atoms with van der Waals surface area (Å²) >= 11 is 1.39. The molecule has 0 aliphatic carbocycles. The number of carbonyl (C=O) groups excluding carboxylic acids is 1. The number of benzene rings is 1. The second kappa shape index (κ2) is 8.12. The van der Waals surface area contributed by atoms with Crippen LogP contribution in [0.1, 0.15) is 27.2 Å². The lowest BCUT2D eigenvalue weighted by Gasteiger charge is -2.10. The number of thiophene rings is 1. The molecule has 1 aromatic carbocycles. The molecule has 28 heavy (non-hydrogen) atoms. The van der Waals surface area contributed by atoms with E-state index < -0.39 is 0 Å². The number of anilines is 1. The van der Waals surface area contributed by atoms with E-state index in [1.165, 1.54) is 17.7 Å². The molecule has 7 nitrogen and oxygen atoms in total. The topological polar surface area (TPSA) is 85.4 Å². The lowest BCUT2D eigenvalue weighted by molar-refractivity contribution is 0.0933. The summed E-state index contributed by atoms with van der Waals surface area (Å²) in [5, 5.41) is 7.31. The van der Waals surface area contributed by atoms with Crippen molar-refractivity contribution >= 4 is 33.3 Å². The molecule has 1 fully saturated rings. The van der Waals surface area contributed by atoms with Gasteiger partial charge >= 0.3 is 0 Å². The predicted molar refractivity (Wildman–Crippen MR) is 109 cm³/mol. The average Bonchev–Trinajstić information content (AvgIpc) is 3.34. The Balaban J connectivity index is 1.57. The van der Waals surface area contributed by atoms with E-state index in [0.717, 1.165) is 39.3 Å². The van der Waals surface area contributed by atoms with Gasteiger partial charge in [-0.3, -0.25) is 4.79 Å². The van der Waals surface area contributed by atoms with Crippen molar-refractivity contribution in [1.82, 2.24) is 15.3 Å². The minimum Gasteiger partial charge on any atom is -0.497 e. The quantitative estimate of drug-likeness (QED) is 0.664. The van der Waals surface area contributed by atoms with E-state index in [1.54, 1.807) is 7.11 Å². The van der Waals surface area contributed by atoms with Crippen molar-refractivity contribution in [2.24, 2.45) is 0 Å². The Hall–Kier alpha value is -2.71. The van der Waals surface area contributed by atoms with Crippen LogP contribution in [0.4, 0.5) is 5.82 Å². The number of carbonyl (C=O) groups is 1. The summed E-state index contributed by atoms with van der Waals surface area (Å²) in [7, 11) is 1.65. The number of hydrogen-bond donors (Lipinski definition) is 2. The van der Waals surface area contributed by atoms with Crippen LogP contribution in [0.3, 0.4) is 0 Å². The van der Waals surface area contributed by atoms with Crippen molar-refractivity contribution in [1.29, 1.82) is 0 Å². The molecular formula is C20H22N4O3S. The highest BCUT2D eigenvalue weighted by Gasteiger charge is 2.23. The molecule has 4 rings (SSSR count). The lowest BCUT2D eigenvalue weighted by atomic mass is 10.1. The number of nitrogens with one attached hydrogen (secondary N) is 2. The fraction of sp³-hybridized carbons (Fsp3) is 0.350. The molecule has 0 saturated carbocycles. The summed E-state index contributed by atoms with van der Waals surface area (Å²) in [6, 6.07) is 7.95. The average molecular weight is 398 g/mol. The molecule has 2 N–H and O–H groups in total. The molecule has 3 aromatic rings. The van der Waals surface area contributed by atoms with Gasteiger partial charge in [-0.2, -0.15) is 0 Å². The van der Waals surface area contributed by atoms with Crippen LogP contribution in [0.25, 0.3) is 10.2 Å². The summed E-state index contributed by atoms with van der Waals surface area (Å²) in [4.78, 5) is 23.0. The molecule has 146 valence electrons. The number of methoxy groups -OCH3 is 1. The maximum atomic E-state index is 12.7. The van der Waals surface area contributed by atoms with Gasteiger partial charge in [-0.25, -0.2) is 9.97 Å². The zero-order valence-electron chi connectivity index (χ0n) is 15.8. The Kier molecular flexibility index (Phi) is 5.40. The zero-order chi connectivity index (χ0) is 19.5. The first kappa shape index (κ1) is 18.6. The standard InChI is InChI=1S/C20H22N4O3S/c1-12-16-18(21-9-13-4-3-5-15(8-13)26-2)22-11-23-20(16)28-17(12)19(25)24-14-6-7-27-10-14/h3-5,8,11,14H,6-7,9-10H2,1-2H3,(H,24,25)(H,21,22,23). The van der Waals surface area contributed by atoms with Crippen LogP contribution >= 0.6 is 11.3 Å². The molecular weight excluding hydrogens is 376 g/mol. The Morgan fingerprint density at radius 3 is 3.07 bits per heavy atom. The monoisotopic (exact) mass is 398 g/mol. The van der Waals surface area contributed by atoms with Crippen molar-refractivity contribution in [3.05, 3.63) is 46.6 Å². The van der Waals surface area contributed by atoms with Crippen LogP contribution in [0.5, 0.6) is 5.75 Å². The van der Waals surface area contributed by atoms with Crippen molar-refractivity contribution in [2.45, 2.75) is 25.9 Å². The first-order chi connectivity index (χ1) is 13.7. The summed E-state index contributed by atoms with van der Waals surface area (Å²) in [5.41, 5.74) is 1.98. The molecule has 1 aliphatic rings. The SMILES string of the molecule is COc1cccc(CNc2ncnc3sc(C(=O)NC4CCOC4)c(C)c23)c1. The van der Waals surface area contributed by atoms with Crippen LogP contribution in [0.15, 0.2) is 30.6 Å². The molecule has 1 saturated heterocycles. The fourth-order valence-corrected chi connectivity index (χ4v) is 4.34. The maximum Gasteiger partial charge on any atom is 0.262 e. The van der Waals surface area contributed by atoms with E-state index in [9.17, 15) is 4.79 Å². The summed E-state index contributed by atoms with van der Waals surface area (Å²) < 4.78 is 10.6. The van der Waals surface area contributed by atoms with Gasteiger partial charge in [-0.15, -0.1) is 11.3 Å². The molecule has 0 spiro atoms. The zero-order valence-corrected chi connectivity index (χ0v) is 16.6. The smallest absolute Gasteiger partial charge is 0.262 e. The third-order valence-corrected chi connectivity index (χ3v) is 5.99. The molecule has 8 heteroatoms. The van der Waals surface area contributed by atoms with E-state index in [1.807, 2.05) is 31.2 Å². The molecule has 2 aromatic heterocycles. The van der Waals surface area contributed by atoms with Crippen LogP contribution in [0, 0.1) is 6.92 Å². The van der Waals surface area contributed by atoms with Gasteiger partial charge in [0.1, 0.15) is 22.7 Å². The van der Waals surface area contributed by atoms with E-state index in [-0.39, 0.29) is 11.9 Å². The van der Waals surface area contributed by atoms with Gasteiger partial charge in [-0.1, -0.05) is 12.1 Å². The first-order valence-electron chi connectivity index (χ1n) is 9.15. The number of nitrogens with zero attached hydrogens (tertiary/aromatic N) is 2. The Morgan fingerprint density at radius 2 is 2.29 bits per heavy atom. The molecule has 1 aliphatic heterocycles. The van der Waals surface area contributed by atoms with E-state index in [0.29, 0.717) is 24.6 Å². The van der Waals surface area contributed by atoms with Gasteiger partial charge in [0, 0.05) is 13.2 Å². The summed E-state index contributed by atoms with van der Waals surface area (Å²) in [6.07, 6.45) is 2.38. The van der Waals surface area contributed by atoms with Gasteiger partial charge in [-0.05, 0) is 36.6 Å². The third kappa shape index (κ3) is 3.79. The van der Waals surface area contributed by atoms with Crippen molar-refractivity contribution in [3.8, 4) is 5.75 Å². The third-order valence-electron chi connectivity index (χ3n) is 4.79.